The lowest BCUT2D eigenvalue weighted by Crippen LogP contribution is -2.55. The van der Waals surface area contributed by atoms with Crippen LogP contribution in [-0.2, 0) is 20.8 Å². The summed E-state index contributed by atoms with van der Waals surface area (Å²) in [6.45, 7) is 7.70. The van der Waals surface area contributed by atoms with E-state index in [2.05, 4.69) is 10.6 Å². The van der Waals surface area contributed by atoms with E-state index in [0.29, 0.717) is 12.8 Å². The number of aliphatic carboxylic acids is 1. The van der Waals surface area contributed by atoms with Gasteiger partial charge in [-0.15, -0.1) is 0 Å². The first-order valence-electron chi connectivity index (χ1n) is 9.73. The van der Waals surface area contributed by atoms with Crippen LogP contribution in [0.5, 0.6) is 0 Å². The van der Waals surface area contributed by atoms with Gasteiger partial charge in [-0.05, 0) is 30.2 Å². The Morgan fingerprint density at radius 1 is 0.893 bits per heavy atom. The molecule has 7 nitrogen and oxygen atoms in total. The number of amides is 2. The number of rotatable bonds is 11. The highest BCUT2D eigenvalue weighted by Gasteiger charge is 2.28. The third-order valence-corrected chi connectivity index (χ3v) is 4.30. The fraction of sp³-hybridized carbons (Fsp3) is 0.571. The van der Waals surface area contributed by atoms with Crippen molar-refractivity contribution in [1.29, 1.82) is 0 Å². The average molecular weight is 392 g/mol. The molecule has 1 rings (SSSR count). The smallest absolute Gasteiger partial charge is 0.326 e. The predicted octanol–water partition coefficient (Wildman–Crippen LogP) is 1.70. The van der Waals surface area contributed by atoms with Crippen LogP contribution in [0.25, 0.3) is 0 Å². The standard InChI is InChI=1S/C21H33N3O4/c1-13(2)10-16(22)19(25)23-17(12-15-8-6-5-7-9-15)20(26)24-18(21(27)28)11-14(3)4/h5-9,13-14,16-18H,10-12,22H2,1-4H3,(H,23,25)(H,24,26)(H,27,28). The zero-order valence-corrected chi connectivity index (χ0v) is 17.1. The van der Waals surface area contributed by atoms with Crippen molar-refractivity contribution in [1.82, 2.24) is 10.6 Å². The Kier molecular flexibility index (Phi) is 9.65. The van der Waals surface area contributed by atoms with Crippen molar-refractivity contribution in [3.63, 3.8) is 0 Å². The summed E-state index contributed by atoms with van der Waals surface area (Å²) < 4.78 is 0. The Morgan fingerprint density at radius 3 is 1.93 bits per heavy atom. The van der Waals surface area contributed by atoms with Gasteiger partial charge in [0, 0.05) is 6.42 Å². The second-order valence-corrected chi connectivity index (χ2v) is 8.02. The molecule has 7 heteroatoms. The van der Waals surface area contributed by atoms with Gasteiger partial charge in [-0.2, -0.15) is 0 Å². The highest BCUT2D eigenvalue weighted by Crippen LogP contribution is 2.09. The number of hydrogen-bond donors (Lipinski definition) is 4. The maximum Gasteiger partial charge on any atom is 0.326 e. The molecule has 1 aromatic carbocycles. The molecule has 2 amide bonds. The van der Waals surface area contributed by atoms with Gasteiger partial charge in [-0.1, -0.05) is 58.0 Å². The molecular formula is C21H33N3O4. The number of nitrogens with one attached hydrogen (secondary N) is 2. The molecule has 3 atom stereocenters. The average Bonchev–Trinajstić information content (AvgIpc) is 2.60. The Balaban J connectivity index is 2.93. The van der Waals surface area contributed by atoms with Crippen LogP contribution in [0, 0.1) is 11.8 Å². The van der Waals surface area contributed by atoms with E-state index >= 15 is 0 Å². The summed E-state index contributed by atoms with van der Waals surface area (Å²) in [5.41, 5.74) is 6.80. The van der Waals surface area contributed by atoms with E-state index in [4.69, 9.17) is 5.73 Å². The molecule has 0 radical (unpaired) electrons. The lowest BCUT2D eigenvalue weighted by molar-refractivity contribution is -0.142. The topological polar surface area (TPSA) is 122 Å². The lowest BCUT2D eigenvalue weighted by atomic mass is 10.0. The Morgan fingerprint density at radius 2 is 1.43 bits per heavy atom. The minimum absolute atomic E-state index is 0.100. The molecule has 0 saturated carbocycles. The van der Waals surface area contributed by atoms with Crippen molar-refractivity contribution in [2.75, 3.05) is 0 Å². The minimum Gasteiger partial charge on any atom is -0.480 e. The van der Waals surface area contributed by atoms with Gasteiger partial charge in [0.1, 0.15) is 12.1 Å². The van der Waals surface area contributed by atoms with Gasteiger partial charge >= 0.3 is 5.97 Å². The highest BCUT2D eigenvalue weighted by atomic mass is 16.4. The summed E-state index contributed by atoms with van der Waals surface area (Å²) >= 11 is 0. The molecule has 0 saturated heterocycles. The summed E-state index contributed by atoms with van der Waals surface area (Å²) in [6, 6.07) is 6.61. The largest absolute Gasteiger partial charge is 0.480 e. The van der Waals surface area contributed by atoms with Crippen molar-refractivity contribution >= 4 is 17.8 Å². The number of carboxylic acid groups (broad SMARTS) is 1. The molecule has 28 heavy (non-hydrogen) atoms. The van der Waals surface area contributed by atoms with Crippen LogP contribution >= 0.6 is 0 Å². The predicted molar refractivity (Wildman–Crippen MR) is 109 cm³/mol. The van der Waals surface area contributed by atoms with E-state index in [0.717, 1.165) is 5.56 Å². The van der Waals surface area contributed by atoms with E-state index in [1.807, 2.05) is 58.0 Å². The monoisotopic (exact) mass is 391 g/mol. The van der Waals surface area contributed by atoms with Crippen molar-refractivity contribution in [3.05, 3.63) is 35.9 Å². The van der Waals surface area contributed by atoms with Crippen LogP contribution in [0.15, 0.2) is 30.3 Å². The first-order valence-corrected chi connectivity index (χ1v) is 9.73. The highest BCUT2D eigenvalue weighted by molar-refractivity contribution is 5.91. The van der Waals surface area contributed by atoms with Crippen LogP contribution in [-0.4, -0.2) is 41.0 Å². The Labute approximate surface area is 167 Å². The third-order valence-electron chi connectivity index (χ3n) is 4.30. The summed E-state index contributed by atoms with van der Waals surface area (Å²) in [6.07, 6.45) is 1.05. The van der Waals surface area contributed by atoms with Crippen LogP contribution in [0.4, 0.5) is 0 Å². The van der Waals surface area contributed by atoms with Gasteiger partial charge in [-0.25, -0.2) is 4.79 Å². The summed E-state index contributed by atoms with van der Waals surface area (Å²) in [7, 11) is 0. The molecule has 0 fully saturated rings. The molecule has 5 N–H and O–H groups in total. The molecule has 1 aromatic rings. The SMILES string of the molecule is CC(C)CC(N)C(=O)NC(Cc1ccccc1)C(=O)NC(CC(C)C)C(=O)O. The van der Waals surface area contributed by atoms with E-state index in [1.54, 1.807) is 0 Å². The van der Waals surface area contributed by atoms with Crippen molar-refractivity contribution in [3.8, 4) is 0 Å². The van der Waals surface area contributed by atoms with Gasteiger partial charge in [0.2, 0.25) is 11.8 Å². The first kappa shape index (κ1) is 23.6. The second kappa shape index (κ2) is 11.4. The fourth-order valence-corrected chi connectivity index (χ4v) is 2.92. The van der Waals surface area contributed by atoms with Crippen molar-refractivity contribution < 1.29 is 19.5 Å². The van der Waals surface area contributed by atoms with Gasteiger partial charge in [0.25, 0.3) is 0 Å². The lowest BCUT2D eigenvalue weighted by Gasteiger charge is -2.24. The third kappa shape index (κ3) is 8.52. The molecule has 3 unspecified atom stereocenters. The van der Waals surface area contributed by atoms with Crippen molar-refractivity contribution in [2.45, 2.75) is 65.1 Å². The number of carboxylic acids is 1. The van der Waals surface area contributed by atoms with Crippen LogP contribution < -0.4 is 16.4 Å². The van der Waals surface area contributed by atoms with Crippen molar-refractivity contribution in [2.24, 2.45) is 17.6 Å². The maximum atomic E-state index is 12.8. The van der Waals surface area contributed by atoms with E-state index in [1.165, 1.54) is 0 Å². The zero-order valence-electron chi connectivity index (χ0n) is 17.1. The Bertz CT molecular complexity index is 646. The van der Waals surface area contributed by atoms with Crippen LogP contribution in [0.1, 0.15) is 46.1 Å². The maximum absolute atomic E-state index is 12.8. The van der Waals surface area contributed by atoms with E-state index < -0.39 is 35.9 Å². The minimum atomic E-state index is -1.09. The molecular weight excluding hydrogens is 358 g/mol. The molecule has 0 aliphatic heterocycles. The molecule has 0 spiro atoms. The molecule has 0 aliphatic rings. The number of nitrogens with two attached hydrogens (primary N) is 1. The number of benzene rings is 1. The van der Waals surface area contributed by atoms with Crippen LogP contribution in [0.3, 0.4) is 0 Å². The van der Waals surface area contributed by atoms with Crippen LogP contribution in [0.2, 0.25) is 0 Å². The molecule has 0 aromatic heterocycles. The number of carbonyl (C=O) groups is 3. The summed E-state index contributed by atoms with van der Waals surface area (Å²) in [4.78, 5) is 36.7. The quantitative estimate of drug-likeness (QED) is 0.457. The first-order chi connectivity index (χ1) is 13.1. The Hall–Kier alpha value is -2.41. The zero-order chi connectivity index (χ0) is 21.3. The summed E-state index contributed by atoms with van der Waals surface area (Å²) in [5.74, 6) is -1.70. The van der Waals surface area contributed by atoms with Gasteiger partial charge in [-0.3, -0.25) is 9.59 Å². The molecule has 0 aliphatic carbocycles. The van der Waals surface area contributed by atoms with Gasteiger partial charge in [0.15, 0.2) is 0 Å². The number of carbonyl (C=O) groups excluding carboxylic acids is 2. The molecule has 0 bridgehead atoms. The second-order valence-electron chi connectivity index (χ2n) is 8.02. The normalized spacial score (nSPS) is 14.4. The van der Waals surface area contributed by atoms with E-state index in [9.17, 15) is 19.5 Å². The molecule has 156 valence electrons. The molecule has 0 heterocycles. The van der Waals surface area contributed by atoms with Gasteiger partial charge in [0.05, 0.1) is 6.04 Å². The fourth-order valence-electron chi connectivity index (χ4n) is 2.92. The number of hydrogen-bond acceptors (Lipinski definition) is 4. The van der Waals surface area contributed by atoms with E-state index in [-0.39, 0.29) is 18.3 Å². The van der Waals surface area contributed by atoms with Gasteiger partial charge < -0.3 is 21.5 Å². The summed E-state index contributed by atoms with van der Waals surface area (Å²) in [5, 5.41) is 14.6.